The van der Waals surface area contributed by atoms with E-state index in [0.29, 0.717) is 6.04 Å². The fourth-order valence-corrected chi connectivity index (χ4v) is 1.93. The van der Waals surface area contributed by atoms with Gasteiger partial charge >= 0.3 is 0 Å². The standard InChI is InChI=1S/C11H18N4/c1-9-7-11(15-8-14-9)13-6-4-10-3-2-5-12-10/h7-8,10,12H,2-6H2,1H3,(H,13,14,15)/t10-/m1/s1. The smallest absolute Gasteiger partial charge is 0.129 e. The Morgan fingerprint density at radius 2 is 2.47 bits per heavy atom. The molecule has 1 aromatic rings. The molecule has 0 unspecified atom stereocenters. The Hall–Kier alpha value is -1.16. The molecule has 0 aliphatic carbocycles. The third kappa shape index (κ3) is 3.16. The zero-order valence-electron chi connectivity index (χ0n) is 9.16. The summed E-state index contributed by atoms with van der Waals surface area (Å²) in [5.41, 5.74) is 1.01. The molecule has 1 fully saturated rings. The first-order chi connectivity index (χ1) is 7.34. The molecule has 1 aliphatic heterocycles. The summed E-state index contributed by atoms with van der Waals surface area (Å²) >= 11 is 0. The molecule has 1 aliphatic rings. The molecule has 1 saturated heterocycles. The normalized spacial score (nSPS) is 20.5. The molecule has 4 heteroatoms. The lowest BCUT2D eigenvalue weighted by atomic mass is 10.1. The summed E-state index contributed by atoms with van der Waals surface area (Å²) in [7, 11) is 0. The first-order valence-electron chi connectivity index (χ1n) is 5.60. The van der Waals surface area contributed by atoms with E-state index in [2.05, 4.69) is 20.6 Å². The Balaban J connectivity index is 1.73. The number of nitrogens with one attached hydrogen (secondary N) is 2. The molecule has 2 N–H and O–H groups in total. The lowest BCUT2D eigenvalue weighted by Gasteiger charge is -2.10. The maximum atomic E-state index is 4.16. The van der Waals surface area contributed by atoms with Crippen molar-refractivity contribution in [1.82, 2.24) is 15.3 Å². The summed E-state index contributed by atoms with van der Waals surface area (Å²) in [5.74, 6) is 0.931. The van der Waals surface area contributed by atoms with Gasteiger partial charge in [-0.05, 0) is 32.7 Å². The van der Waals surface area contributed by atoms with Crippen LogP contribution in [0, 0.1) is 6.92 Å². The highest BCUT2D eigenvalue weighted by molar-refractivity contribution is 5.34. The van der Waals surface area contributed by atoms with Gasteiger partial charge in [0.1, 0.15) is 12.1 Å². The van der Waals surface area contributed by atoms with E-state index in [1.165, 1.54) is 25.8 Å². The highest BCUT2D eigenvalue weighted by atomic mass is 15.0. The Morgan fingerprint density at radius 3 is 3.20 bits per heavy atom. The van der Waals surface area contributed by atoms with Crippen LogP contribution in [0.3, 0.4) is 0 Å². The molecule has 0 spiro atoms. The number of aryl methyl sites for hydroxylation is 1. The van der Waals surface area contributed by atoms with Crippen LogP contribution in [-0.4, -0.2) is 29.1 Å². The number of nitrogens with zero attached hydrogens (tertiary/aromatic N) is 2. The van der Waals surface area contributed by atoms with E-state index < -0.39 is 0 Å². The van der Waals surface area contributed by atoms with Crippen molar-refractivity contribution < 1.29 is 0 Å². The van der Waals surface area contributed by atoms with Gasteiger partial charge in [0, 0.05) is 24.3 Å². The molecule has 2 rings (SSSR count). The minimum Gasteiger partial charge on any atom is -0.370 e. The summed E-state index contributed by atoms with van der Waals surface area (Å²) in [6, 6.07) is 2.67. The van der Waals surface area contributed by atoms with Crippen LogP contribution in [0.1, 0.15) is 25.0 Å². The topological polar surface area (TPSA) is 49.8 Å². The molecule has 0 aromatic carbocycles. The predicted molar refractivity (Wildman–Crippen MR) is 60.9 cm³/mol. The average Bonchev–Trinajstić information content (AvgIpc) is 2.71. The van der Waals surface area contributed by atoms with Crippen LogP contribution in [0.25, 0.3) is 0 Å². The minimum absolute atomic E-state index is 0.695. The molecule has 1 aromatic heterocycles. The third-order valence-corrected chi connectivity index (χ3v) is 2.77. The number of hydrogen-bond donors (Lipinski definition) is 2. The maximum Gasteiger partial charge on any atom is 0.129 e. The van der Waals surface area contributed by atoms with Crippen LogP contribution in [0.5, 0.6) is 0 Å². The van der Waals surface area contributed by atoms with Crippen molar-refractivity contribution in [3.8, 4) is 0 Å². The molecular formula is C11H18N4. The van der Waals surface area contributed by atoms with Gasteiger partial charge in [0.05, 0.1) is 0 Å². The SMILES string of the molecule is Cc1cc(NCC[C@H]2CCCN2)ncn1. The van der Waals surface area contributed by atoms with Gasteiger partial charge in [0.2, 0.25) is 0 Å². The van der Waals surface area contributed by atoms with Crippen LogP contribution in [0.15, 0.2) is 12.4 Å². The molecule has 0 bridgehead atoms. The van der Waals surface area contributed by atoms with Crippen LogP contribution < -0.4 is 10.6 Å². The molecule has 0 saturated carbocycles. The molecular weight excluding hydrogens is 188 g/mol. The second-order valence-corrected chi connectivity index (χ2v) is 4.05. The van der Waals surface area contributed by atoms with Crippen LogP contribution in [0.2, 0.25) is 0 Å². The van der Waals surface area contributed by atoms with Crippen LogP contribution in [0.4, 0.5) is 5.82 Å². The summed E-state index contributed by atoms with van der Waals surface area (Å²) in [6.45, 7) is 4.14. The Morgan fingerprint density at radius 1 is 1.53 bits per heavy atom. The molecule has 2 heterocycles. The molecule has 1 atom stereocenters. The van der Waals surface area contributed by atoms with E-state index in [-0.39, 0.29) is 0 Å². The molecule has 4 nitrogen and oxygen atoms in total. The zero-order chi connectivity index (χ0) is 10.5. The summed E-state index contributed by atoms with van der Waals surface area (Å²) in [4.78, 5) is 8.22. The number of hydrogen-bond acceptors (Lipinski definition) is 4. The van der Waals surface area contributed by atoms with Gasteiger partial charge in [-0.1, -0.05) is 0 Å². The fraction of sp³-hybridized carbons (Fsp3) is 0.636. The first-order valence-corrected chi connectivity index (χ1v) is 5.60. The van der Waals surface area contributed by atoms with E-state index in [1.807, 2.05) is 13.0 Å². The van der Waals surface area contributed by atoms with Crippen molar-refractivity contribution in [2.24, 2.45) is 0 Å². The predicted octanol–water partition coefficient (Wildman–Crippen LogP) is 1.34. The summed E-state index contributed by atoms with van der Waals surface area (Å²) in [5, 5.41) is 6.80. The monoisotopic (exact) mass is 206 g/mol. The molecule has 0 radical (unpaired) electrons. The third-order valence-electron chi connectivity index (χ3n) is 2.77. The van der Waals surface area contributed by atoms with Crippen LogP contribution in [-0.2, 0) is 0 Å². The summed E-state index contributed by atoms with van der Waals surface area (Å²) < 4.78 is 0. The van der Waals surface area contributed by atoms with Crippen molar-refractivity contribution in [2.75, 3.05) is 18.4 Å². The lowest BCUT2D eigenvalue weighted by Crippen LogP contribution is -2.24. The van der Waals surface area contributed by atoms with Crippen molar-refractivity contribution in [1.29, 1.82) is 0 Å². The Kier molecular flexibility index (Phi) is 3.50. The van der Waals surface area contributed by atoms with Gasteiger partial charge in [-0.15, -0.1) is 0 Å². The fourth-order valence-electron chi connectivity index (χ4n) is 1.93. The van der Waals surface area contributed by atoms with Gasteiger partial charge in [0.25, 0.3) is 0 Å². The first kappa shape index (κ1) is 10.4. The van der Waals surface area contributed by atoms with Gasteiger partial charge in [-0.2, -0.15) is 0 Å². The van der Waals surface area contributed by atoms with E-state index in [0.717, 1.165) is 18.1 Å². The number of rotatable bonds is 4. The van der Waals surface area contributed by atoms with Crippen LogP contribution >= 0.6 is 0 Å². The van der Waals surface area contributed by atoms with E-state index in [1.54, 1.807) is 6.33 Å². The second kappa shape index (κ2) is 5.07. The van der Waals surface area contributed by atoms with Gasteiger partial charge in [-0.3, -0.25) is 0 Å². The lowest BCUT2D eigenvalue weighted by molar-refractivity contribution is 0.574. The molecule has 82 valence electrons. The van der Waals surface area contributed by atoms with Crippen molar-refractivity contribution in [3.63, 3.8) is 0 Å². The van der Waals surface area contributed by atoms with E-state index in [4.69, 9.17) is 0 Å². The molecule has 0 amide bonds. The van der Waals surface area contributed by atoms with Crippen molar-refractivity contribution >= 4 is 5.82 Å². The number of anilines is 1. The Labute approximate surface area is 90.5 Å². The van der Waals surface area contributed by atoms with Crippen molar-refractivity contribution in [2.45, 2.75) is 32.2 Å². The number of aromatic nitrogens is 2. The zero-order valence-corrected chi connectivity index (χ0v) is 9.16. The quantitative estimate of drug-likeness (QED) is 0.780. The average molecular weight is 206 g/mol. The largest absolute Gasteiger partial charge is 0.370 e. The van der Waals surface area contributed by atoms with Crippen molar-refractivity contribution in [3.05, 3.63) is 18.1 Å². The highest BCUT2D eigenvalue weighted by Crippen LogP contribution is 2.09. The molecule has 15 heavy (non-hydrogen) atoms. The maximum absolute atomic E-state index is 4.16. The van der Waals surface area contributed by atoms with Gasteiger partial charge in [0.15, 0.2) is 0 Å². The Bertz CT molecular complexity index is 307. The van der Waals surface area contributed by atoms with E-state index >= 15 is 0 Å². The minimum atomic E-state index is 0.695. The highest BCUT2D eigenvalue weighted by Gasteiger charge is 2.12. The van der Waals surface area contributed by atoms with Gasteiger partial charge in [-0.25, -0.2) is 9.97 Å². The van der Waals surface area contributed by atoms with Gasteiger partial charge < -0.3 is 10.6 Å². The second-order valence-electron chi connectivity index (χ2n) is 4.05. The van der Waals surface area contributed by atoms with E-state index in [9.17, 15) is 0 Å². The summed E-state index contributed by atoms with van der Waals surface area (Å²) in [6.07, 6.45) is 5.40.